The average Bonchev–Trinajstić information content (AvgIpc) is 2.54. The highest BCUT2D eigenvalue weighted by Gasteiger charge is 2.37. The Morgan fingerprint density at radius 2 is 1.69 bits per heavy atom. The van der Waals surface area contributed by atoms with E-state index >= 15 is 0 Å². The van der Waals surface area contributed by atoms with Crippen molar-refractivity contribution >= 4 is 16.4 Å². The van der Waals surface area contributed by atoms with Crippen LogP contribution in [0.4, 0.5) is 0 Å². The van der Waals surface area contributed by atoms with Gasteiger partial charge in [0.25, 0.3) is 0 Å². The van der Waals surface area contributed by atoms with E-state index in [0.29, 0.717) is 12.7 Å². The predicted molar refractivity (Wildman–Crippen MR) is 134 cm³/mol. The maximum atomic E-state index is 6.37. The van der Waals surface area contributed by atoms with Gasteiger partial charge >= 0.3 is 0 Å². The van der Waals surface area contributed by atoms with Gasteiger partial charge in [0.1, 0.15) is 6.79 Å². The maximum absolute atomic E-state index is 6.37. The standard InChI is InChI=1S/C24H50O3Si2/c1-13-23(26-19-25-14-15-28(8,9)10)22(4)17-20(2)16-21(3)18-27-29(11,12)24(5,6)7/h17,21,23H,2,13-16,18-19H2,1,3-12H3/b22-17+/t21-,23+/m1/s1. The topological polar surface area (TPSA) is 27.7 Å². The van der Waals surface area contributed by atoms with E-state index in [9.17, 15) is 0 Å². The van der Waals surface area contributed by atoms with Crippen LogP contribution >= 0.6 is 0 Å². The summed E-state index contributed by atoms with van der Waals surface area (Å²) in [5, 5.41) is 0.253. The van der Waals surface area contributed by atoms with Crippen LogP contribution in [0.15, 0.2) is 23.8 Å². The van der Waals surface area contributed by atoms with Gasteiger partial charge in [-0.1, -0.05) is 72.5 Å². The van der Waals surface area contributed by atoms with Gasteiger partial charge in [-0.05, 0) is 55.4 Å². The molecule has 0 bridgehead atoms. The summed E-state index contributed by atoms with van der Waals surface area (Å²) >= 11 is 0. The molecule has 0 spiro atoms. The fourth-order valence-electron chi connectivity index (χ4n) is 2.69. The smallest absolute Gasteiger partial charge is 0.191 e. The third kappa shape index (κ3) is 12.9. The Kier molecular flexibility index (Phi) is 12.5. The van der Waals surface area contributed by atoms with Crippen LogP contribution in [0.5, 0.6) is 0 Å². The predicted octanol–water partition coefficient (Wildman–Crippen LogP) is 7.64. The molecule has 0 N–H and O–H groups in total. The Labute approximate surface area is 184 Å². The Morgan fingerprint density at radius 1 is 1.10 bits per heavy atom. The molecule has 0 rings (SSSR count). The molecule has 0 aliphatic rings. The van der Waals surface area contributed by atoms with Crippen LogP contribution in [0.1, 0.15) is 54.4 Å². The largest absolute Gasteiger partial charge is 0.417 e. The zero-order valence-electron chi connectivity index (χ0n) is 21.4. The van der Waals surface area contributed by atoms with Gasteiger partial charge in [-0.15, -0.1) is 0 Å². The Bertz CT molecular complexity index is 513. The quantitative estimate of drug-likeness (QED) is 0.120. The molecule has 0 fully saturated rings. The lowest BCUT2D eigenvalue weighted by Crippen LogP contribution is -2.41. The molecular weight excluding hydrogens is 392 g/mol. The Balaban J connectivity index is 4.46. The third-order valence-corrected chi connectivity index (χ3v) is 12.0. The molecule has 0 amide bonds. The minimum absolute atomic E-state index is 0.0948. The van der Waals surface area contributed by atoms with Crippen LogP contribution in [0.2, 0.25) is 43.8 Å². The van der Waals surface area contributed by atoms with E-state index in [1.54, 1.807) is 0 Å². The van der Waals surface area contributed by atoms with Crippen molar-refractivity contribution in [3.05, 3.63) is 23.8 Å². The first-order chi connectivity index (χ1) is 13.1. The maximum Gasteiger partial charge on any atom is 0.191 e. The van der Waals surface area contributed by atoms with E-state index in [4.69, 9.17) is 13.9 Å². The fourth-order valence-corrected chi connectivity index (χ4v) is 4.58. The summed E-state index contributed by atoms with van der Waals surface area (Å²) in [6, 6.07) is 1.17. The summed E-state index contributed by atoms with van der Waals surface area (Å²) in [5.41, 5.74) is 2.37. The highest BCUT2D eigenvalue weighted by Crippen LogP contribution is 2.37. The SMILES string of the molecule is C=C(/C=C(\C)[C@H](CC)OCOCC[Si](C)(C)C)C[C@@H](C)CO[Si](C)(C)C(C)(C)C. The molecule has 3 nitrogen and oxygen atoms in total. The van der Waals surface area contributed by atoms with Crippen LogP contribution in [0.3, 0.4) is 0 Å². The summed E-state index contributed by atoms with van der Waals surface area (Å²) in [6.07, 6.45) is 4.18. The molecule has 0 aliphatic carbocycles. The molecule has 0 unspecified atom stereocenters. The monoisotopic (exact) mass is 442 g/mol. The lowest BCUT2D eigenvalue weighted by Gasteiger charge is -2.37. The highest BCUT2D eigenvalue weighted by molar-refractivity contribution is 6.76. The van der Waals surface area contributed by atoms with E-state index in [0.717, 1.165) is 31.6 Å². The third-order valence-electron chi connectivity index (χ3n) is 5.80. The van der Waals surface area contributed by atoms with Crippen molar-refractivity contribution in [3.63, 3.8) is 0 Å². The van der Waals surface area contributed by atoms with Crippen molar-refractivity contribution in [2.45, 2.75) is 104 Å². The van der Waals surface area contributed by atoms with Crippen molar-refractivity contribution in [2.75, 3.05) is 20.0 Å². The van der Waals surface area contributed by atoms with Gasteiger partial charge in [0.05, 0.1) is 6.10 Å². The van der Waals surface area contributed by atoms with Gasteiger partial charge in [0.15, 0.2) is 8.32 Å². The lowest BCUT2D eigenvalue weighted by molar-refractivity contribution is -0.0756. The molecule has 172 valence electrons. The van der Waals surface area contributed by atoms with E-state index in [-0.39, 0.29) is 11.1 Å². The summed E-state index contributed by atoms with van der Waals surface area (Å²) in [5.74, 6) is 0.464. The number of hydrogen-bond acceptors (Lipinski definition) is 3. The second kappa shape index (κ2) is 12.6. The normalized spacial score (nSPS) is 16.0. The molecule has 0 aromatic heterocycles. The number of ether oxygens (including phenoxy) is 2. The minimum Gasteiger partial charge on any atom is -0.417 e. The first-order valence-electron chi connectivity index (χ1n) is 11.3. The zero-order valence-corrected chi connectivity index (χ0v) is 23.4. The van der Waals surface area contributed by atoms with Gasteiger partial charge in [0, 0.05) is 21.3 Å². The highest BCUT2D eigenvalue weighted by atomic mass is 28.4. The van der Waals surface area contributed by atoms with E-state index in [2.05, 4.69) is 86.9 Å². The molecule has 0 radical (unpaired) electrons. The van der Waals surface area contributed by atoms with Gasteiger partial charge in [-0.3, -0.25) is 0 Å². The van der Waals surface area contributed by atoms with Crippen LogP contribution < -0.4 is 0 Å². The molecule has 29 heavy (non-hydrogen) atoms. The van der Waals surface area contributed by atoms with Crippen LogP contribution in [-0.4, -0.2) is 42.5 Å². The van der Waals surface area contributed by atoms with Gasteiger partial charge in [-0.2, -0.15) is 0 Å². The van der Waals surface area contributed by atoms with Crippen molar-refractivity contribution in [1.29, 1.82) is 0 Å². The van der Waals surface area contributed by atoms with Crippen molar-refractivity contribution in [3.8, 4) is 0 Å². The Morgan fingerprint density at radius 3 is 2.17 bits per heavy atom. The summed E-state index contributed by atoms with van der Waals surface area (Å²) < 4.78 is 18.0. The van der Waals surface area contributed by atoms with Crippen LogP contribution in [0.25, 0.3) is 0 Å². The van der Waals surface area contributed by atoms with Gasteiger partial charge < -0.3 is 13.9 Å². The molecular formula is C24H50O3Si2. The zero-order chi connectivity index (χ0) is 22.9. The molecule has 2 atom stereocenters. The molecule has 0 saturated heterocycles. The first-order valence-corrected chi connectivity index (χ1v) is 17.9. The van der Waals surface area contributed by atoms with Crippen molar-refractivity contribution < 1.29 is 13.9 Å². The van der Waals surface area contributed by atoms with E-state index in [1.165, 1.54) is 11.6 Å². The first kappa shape index (κ1) is 28.8. The number of hydrogen-bond donors (Lipinski definition) is 0. The molecule has 0 aromatic carbocycles. The summed E-state index contributed by atoms with van der Waals surface area (Å²) in [6.45, 7) is 31.4. The second-order valence-corrected chi connectivity index (χ2v) is 21.8. The van der Waals surface area contributed by atoms with Crippen molar-refractivity contribution in [2.24, 2.45) is 5.92 Å². The summed E-state index contributed by atoms with van der Waals surface area (Å²) in [4.78, 5) is 0. The minimum atomic E-state index is -1.68. The Hall–Kier alpha value is -0.206. The van der Waals surface area contributed by atoms with Gasteiger partial charge in [0.2, 0.25) is 0 Å². The van der Waals surface area contributed by atoms with Crippen LogP contribution in [0, 0.1) is 5.92 Å². The van der Waals surface area contributed by atoms with E-state index in [1.807, 2.05) is 0 Å². The molecule has 5 heteroatoms. The molecule has 0 aromatic rings. The fraction of sp³-hybridized carbons (Fsp3) is 0.833. The lowest BCUT2D eigenvalue weighted by atomic mass is 9.99. The number of rotatable bonds is 14. The number of allylic oxidation sites excluding steroid dienone is 2. The van der Waals surface area contributed by atoms with Crippen molar-refractivity contribution in [1.82, 2.24) is 0 Å². The molecule has 0 aliphatic heterocycles. The molecule has 0 saturated carbocycles. The second-order valence-electron chi connectivity index (χ2n) is 11.3. The van der Waals surface area contributed by atoms with Gasteiger partial charge in [-0.25, -0.2) is 0 Å². The van der Waals surface area contributed by atoms with E-state index < -0.39 is 16.4 Å². The summed E-state index contributed by atoms with van der Waals surface area (Å²) in [7, 11) is -2.73. The average molecular weight is 443 g/mol. The molecule has 0 heterocycles. The van der Waals surface area contributed by atoms with Crippen LogP contribution in [-0.2, 0) is 13.9 Å².